The fraction of sp³-hybridized carbons (Fsp3) is 0.250. The summed E-state index contributed by atoms with van der Waals surface area (Å²) in [6.45, 7) is 1.88. The van der Waals surface area contributed by atoms with Crippen molar-refractivity contribution in [2.45, 2.75) is 18.6 Å². The van der Waals surface area contributed by atoms with E-state index in [4.69, 9.17) is 0 Å². The second kappa shape index (κ2) is 9.27. The maximum atomic E-state index is 12.8. The number of ether oxygens (including phenoxy) is 1. The molecule has 8 heteroatoms. The van der Waals surface area contributed by atoms with Crippen molar-refractivity contribution in [3.8, 4) is 0 Å². The number of nitrogens with one attached hydrogen (secondary N) is 1. The molecule has 2 aromatic rings. The van der Waals surface area contributed by atoms with Crippen molar-refractivity contribution in [2.75, 3.05) is 18.2 Å². The third-order valence-electron chi connectivity index (χ3n) is 4.03. The minimum atomic E-state index is -4.26. The van der Waals surface area contributed by atoms with Crippen molar-refractivity contribution < 1.29 is 27.5 Å². The number of ketones is 1. The molecule has 1 atom stereocenters. The molecule has 2 rings (SSSR count). The molecule has 1 N–H and O–H groups in total. The quantitative estimate of drug-likeness (QED) is 0.535. The summed E-state index contributed by atoms with van der Waals surface area (Å²) in [4.78, 5) is 36.6. The highest BCUT2D eigenvalue weighted by Crippen LogP contribution is 2.17. The fourth-order valence-corrected chi connectivity index (χ4v) is 4.01. The Kier molecular flexibility index (Phi) is 7.06. The maximum absolute atomic E-state index is 12.8. The van der Waals surface area contributed by atoms with Crippen LogP contribution in [0.2, 0.25) is 0 Å². The first-order valence-corrected chi connectivity index (χ1v) is 10.2. The summed E-state index contributed by atoms with van der Waals surface area (Å²) in [5.74, 6) is -3.33. The number of carbonyl (C=O) groups excluding carboxylic acids is 3. The highest BCUT2D eigenvalue weighted by atomic mass is 32.2. The first-order valence-electron chi connectivity index (χ1n) is 8.47. The first-order chi connectivity index (χ1) is 13.2. The molecule has 7 nitrogen and oxygen atoms in total. The molecule has 148 valence electrons. The second-order valence-electron chi connectivity index (χ2n) is 6.22. The molecule has 0 aliphatic heterocycles. The number of rotatable bonds is 8. The summed E-state index contributed by atoms with van der Waals surface area (Å²) in [7, 11) is -3.16. The van der Waals surface area contributed by atoms with E-state index in [-0.39, 0.29) is 5.56 Å². The first kappa shape index (κ1) is 21.3. The van der Waals surface area contributed by atoms with Crippen LogP contribution < -0.4 is 5.32 Å². The third kappa shape index (κ3) is 5.75. The zero-order chi connectivity index (χ0) is 20.7. The SMILES string of the molecule is COC(=O)CC(C(=O)c1ccccc1)S(=O)(=O)CC(=O)Nc1ccc(C)cc1. The monoisotopic (exact) mass is 403 g/mol. The van der Waals surface area contributed by atoms with Gasteiger partial charge in [-0.15, -0.1) is 0 Å². The molecule has 0 aromatic heterocycles. The molecule has 28 heavy (non-hydrogen) atoms. The van der Waals surface area contributed by atoms with Crippen LogP contribution in [0.1, 0.15) is 22.3 Å². The van der Waals surface area contributed by atoms with Gasteiger partial charge in [0.05, 0.1) is 13.5 Å². The Morgan fingerprint density at radius 2 is 1.61 bits per heavy atom. The zero-order valence-corrected chi connectivity index (χ0v) is 16.4. The molecule has 0 heterocycles. The molecule has 0 saturated heterocycles. The van der Waals surface area contributed by atoms with Crippen molar-refractivity contribution in [1.82, 2.24) is 0 Å². The van der Waals surface area contributed by atoms with Crippen molar-refractivity contribution in [1.29, 1.82) is 0 Å². The van der Waals surface area contributed by atoms with Crippen molar-refractivity contribution in [2.24, 2.45) is 0 Å². The molecule has 0 spiro atoms. The van der Waals surface area contributed by atoms with Gasteiger partial charge in [-0.25, -0.2) is 8.42 Å². The van der Waals surface area contributed by atoms with Crippen LogP contribution >= 0.6 is 0 Å². The van der Waals surface area contributed by atoms with Gasteiger partial charge in [0, 0.05) is 11.3 Å². The van der Waals surface area contributed by atoms with Gasteiger partial charge in [0.1, 0.15) is 11.0 Å². The minimum Gasteiger partial charge on any atom is -0.469 e. The number of aryl methyl sites for hydroxylation is 1. The summed E-state index contributed by atoms with van der Waals surface area (Å²) in [5.41, 5.74) is 1.56. The number of carbonyl (C=O) groups is 3. The lowest BCUT2D eigenvalue weighted by molar-refractivity contribution is -0.140. The van der Waals surface area contributed by atoms with Gasteiger partial charge in [-0.05, 0) is 19.1 Å². The number of benzene rings is 2. The van der Waals surface area contributed by atoms with E-state index in [1.54, 1.807) is 42.5 Å². The Balaban J connectivity index is 2.22. The number of esters is 1. The molecular formula is C20H21NO6S. The smallest absolute Gasteiger partial charge is 0.307 e. The van der Waals surface area contributed by atoms with Crippen LogP contribution in [0.15, 0.2) is 54.6 Å². The number of hydrogen-bond acceptors (Lipinski definition) is 6. The number of anilines is 1. The van der Waals surface area contributed by atoms with Crippen LogP contribution in [0.5, 0.6) is 0 Å². The molecule has 0 radical (unpaired) electrons. The fourth-order valence-electron chi connectivity index (χ4n) is 2.52. The van der Waals surface area contributed by atoms with E-state index >= 15 is 0 Å². The summed E-state index contributed by atoms with van der Waals surface area (Å²) < 4.78 is 30.0. The number of hydrogen-bond donors (Lipinski definition) is 1. The van der Waals surface area contributed by atoms with Crippen LogP contribution in [0.25, 0.3) is 0 Å². The lowest BCUT2D eigenvalue weighted by atomic mass is 10.1. The van der Waals surface area contributed by atoms with Crippen LogP contribution in [0.4, 0.5) is 5.69 Å². The average Bonchev–Trinajstić information content (AvgIpc) is 2.67. The Morgan fingerprint density at radius 1 is 1.00 bits per heavy atom. The molecule has 0 aliphatic rings. The van der Waals surface area contributed by atoms with E-state index in [0.717, 1.165) is 12.7 Å². The van der Waals surface area contributed by atoms with Gasteiger partial charge < -0.3 is 10.1 Å². The molecule has 1 amide bonds. The Bertz CT molecular complexity index is 952. The normalized spacial score (nSPS) is 12.1. The van der Waals surface area contributed by atoms with E-state index in [0.29, 0.717) is 5.69 Å². The van der Waals surface area contributed by atoms with Crippen LogP contribution in [0.3, 0.4) is 0 Å². The van der Waals surface area contributed by atoms with E-state index in [9.17, 15) is 22.8 Å². The van der Waals surface area contributed by atoms with Crippen molar-refractivity contribution in [3.63, 3.8) is 0 Å². The number of amides is 1. The van der Waals surface area contributed by atoms with Crippen molar-refractivity contribution >= 4 is 33.2 Å². The summed E-state index contributed by atoms with van der Waals surface area (Å²) >= 11 is 0. The van der Waals surface area contributed by atoms with Crippen LogP contribution in [0, 0.1) is 6.92 Å². The molecule has 1 unspecified atom stereocenters. The standard InChI is InChI=1S/C20H21NO6S/c1-14-8-10-16(11-9-14)21-18(22)13-28(25,26)17(12-19(23)27-2)20(24)15-6-4-3-5-7-15/h3-11,17H,12-13H2,1-2H3,(H,21,22). The Morgan fingerprint density at radius 3 is 2.18 bits per heavy atom. The Labute approximate surface area is 163 Å². The highest BCUT2D eigenvalue weighted by molar-refractivity contribution is 7.93. The van der Waals surface area contributed by atoms with E-state index < -0.39 is 44.9 Å². The summed E-state index contributed by atoms with van der Waals surface area (Å²) in [6, 6.07) is 14.6. The van der Waals surface area contributed by atoms with Gasteiger partial charge in [-0.3, -0.25) is 14.4 Å². The van der Waals surface area contributed by atoms with Gasteiger partial charge in [0.2, 0.25) is 5.91 Å². The van der Waals surface area contributed by atoms with Gasteiger partial charge in [-0.1, -0.05) is 48.0 Å². The number of methoxy groups -OCH3 is 1. The van der Waals surface area contributed by atoms with Crippen LogP contribution in [-0.2, 0) is 24.2 Å². The van der Waals surface area contributed by atoms with Gasteiger partial charge in [-0.2, -0.15) is 0 Å². The lowest BCUT2D eigenvalue weighted by Gasteiger charge is -2.16. The molecule has 0 saturated carbocycles. The van der Waals surface area contributed by atoms with Gasteiger partial charge >= 0.3 is 5.97 Å². The highest BCUT2D eigenvalue weighted by Gasteiger charge is 2.37. The second-order valence-corrected chi connectivity index (χ2v) is 8.40. The summed E-state index contributed by atoms with van der Waals surface area (Å²) in [6.07, 6.45) is -0.662. The molecule has 2 aromatic carbocycles. The van der Waals surface area contributed by atoms with Crippen LogP contribution in [-0.4, -0.2) is 44.2 Å². The molecule has 0 aliphatic carbocycles. The number of sulfone groups is 1. The zero-order valence-electron chi connectivity index (χ0n) is 15.5. The lowest BCUT2D eigenvalue weighted by Crippen LogP contribution is -2.38. The summed E-state index contributed by atoms with van der Waals surface area (Å²) in [5, 5.41) is 0.778. The van der Waals surface area contributed by atoms with E-state index in [2.05, 4.69) is 10.1 Å². The maximum Gasteiger partial charge on any atom is 0.307 e. The predicted octanol–water partition coefficient (Wildman–Crippen LogP) is 2.16. The Hall–Kier alpha value is -3.00. The molecule has 0 fully saturated rings. The third-order valence-corrected chi connectivity index (χ3v) is 5.94. The topological polar surface area (TPSA) is 107 Å². The minimum absolute atomic E-state index is 0.138. The van der Waals surface area contributed by atoms with Gasteiger partial charge in [0.25, 0.3) is 0 Å². The number of Topliss-reactive ketones (excluding diaryl/α,β-unsaturated/α-hetero) is 1. The molecular weight excluding hydrogens is 382 g/mol. The largest absolute Gasteiger partial charge is 0.469 e. The predicted molar refractivity (Wildman–Crippen MR) is 105 cm³/mol. The van der Waals surface area contributed by atoms with Gasteiger partial charge in [0.15, 0.2) is 15.6 Å². The van der Waals surface area contributed by atoms with E-state index in [1.807, 2.05) is 6.92 Å². The van der Waals surface area contributed by atoms with Crippen molar-refractivity contribution in [3.05, 3.63) is 65.7 Å². The molecule has 0 bridgehead atoms. The average molecular weight is 403 g/mol. The van der Waals surface area contributed by atoms with E-state index in [1.165, 1.54) is 12.1 Å².